The summed E-state index contributed by atoms with van der Waals surface area (Å²) >= 11 is 0. The molecule has 0 aliphatic carbocycles. The van der Waals surface area contributed by atoms with Crippen LogP contribution in [-0.2, 0) is 19.1 Å². The minimum Gasteiger partial charge on any atom is -0.390 e. The summed E-state index contributed by atoms with van der Waals surface area (Å²) in [6.07, 6.45) is -3.58. The topological polar surface area (TPSA) is 176 Å². The maximum absolute atomic E-state index is 12.5. The summed E-state index contributed by atoms with van der Waals surface area (Å²) in [5.74, 6) is -1.63. The number of H-pyrrole nitrogens is 1. The monoisotopic (exact) mass is 435 g/mol. The number of anilines is 1. The highest BCUT2D eigenvalue weighted by atomic mass is 16.5. The number of carbonyl (C=O) groups is 3. The molecule has 1 amide bonds. The van der Waals surface area contributed by atoms with Crippen molar-refractivity contribution in [1.82, 2.24) is 19.5 Å². The number of nitrogens with zero attached hydrogens (tertiary/aromatic N) is 3. The summed E-state index contributed by atoms with van der Waals surface area (Å²) < 4.78 is 7.04. The fourth-order valence-electron chi connectivity index (χ4n) is 3.21. The quantitative estimate of drug-likeness (QED) is 0.432. The molecule has 1 aliphatic rings. The zero-order valence-electron chi connectivity index (χ0n) is 17.4. The second-order valence-corrected chi connectivity index (χ2v) is 7.86. The van der Waals surface area contributed by atoms with Crippen LogP contribution in [0.3, 0.4) is 0 Å². The number of hydrogen-bond donors (Lipinski definition) is 4. The predicted octanol–water partition coefficient (Wildman–Crippen LogP) is -0.338. The van der Waals surface area contributed by atoms with Gasteiger partial charge in [-0.15, -0.1) is 0 Å². The number of fused-ring (bicyclic) bond motifs is 1. The molecule has 3 heterocycles. The molecule has 12 heteroatoms. The molecular weight excluding hydrogens is 410 g/mol. The van der Waals surface area contributed by atoms with Gasteiger partial charge in [0.25, 0.3) is 5.56 Å². The summed E-state index contributed by atoms with van der Waals surface area (Å²) in [6, 6.07) is 0. The van der Waals surface area contributed by atoms with Crippen molar-refractivity contribution >= 4 is 34.6 Å². The number of Topliss-reactive ketones (excluding diaryl/α,β-unsaturated/α-hetero) is 2. The fraction of sp³-hybridized carbons (Fsp3) is 0.579. The van der Waals surface area contributed by atoms with Gasteiger partial charge in [0.15, 0.2) is 16.9 Å². The highest BCUT2D eigenvalue weighted by Gasteiger charge is 2.42. The molecule has 2 aromatic rings. The number of aromatic amines is 1. The van der Waals surface area contributed by atoms with Crippen LogP contribution in [0.15, 0.2) is 11.1 Å². The van der Waals surface area contributed by atoms with E-state index in [0.717, 1.165) is 0 Å². The van der Waals surface area contributed by atoms with Gasteiger partial charge in [0, 0.05) is 18.8 Å². The Hall–Kier alpha value is -2.96. The Labute approximate surface area is 176 Å². The van der Waals surface area contributed by atoms with Crippen molar-refractivity contribution in [3.05, 3.63) is 16.7 Å². The third-order valence-corrected chi connectivity index (χ3v) is 4.98. The Balaban J connectivity index is 1.83. The summed E-state index contributed by atoms with van der Waals surface area (Å²) in [5.41, 5.74) is -0.476. The van der Waals surface area contributed by atoms with Crippen molar-refractivity contribution in [3.8, 4) is 0 Å². The number of aliphatic hydroxyl groups excluding tert-OH is 2. The number of rotatable bonds is 8. The van der Waals surface area contributed by atoms with Crippen molar-refractivity contribution in [2.75, 3.05) is 5.32 Å². The molecule has 0 saturated carbocycles. The molecule has 12 nitrogen and oxygen atoms in total. The van der Waals surface area contributed by atoms with E-state index >= 15 is 0 Å². The molecule has 1 aliphatic heterocycles. The maximum atomic E-state index is 12.5. The standard InChI is InChI=1S/C19H25N5O7/c1-8(2)17(29)22-19-21-16-13(18(30)23-19)20-7-24(16)12-6-11(27)15(31-12)14(28)10(26)5-4-9(3)25/h7-8,10-12,15,26-27H,4-6H2,1-3H3,(H2,21,22,23,29,30)/t10?,11-,12+,15-/m0/s1. The molecular formula is C19H25N5O7. The zero-order chi connectivity index (χ0) is 22.9. The highest BCUT2D eigenvalue weighted by Crippen LogP contribution is 2.31. The molecule has 3 rings (SSSR count). The number of hydrogen-bond acceptors (Lipinski definition) is 9. The first-order valence-electron chi connectivity index (χ1n) is 9.91. The fourth-order valence-corrected chi connectivity index (χ4v) is 3.21. The molecule has 1 fully saturated rings. The van der Waals surface area contributed by atoms with E-state index in [9.17, 15) is 29.4 Å². The highest BCUT2D eigenvalue weighted by molar-refractivity contribution is 5.91. The second kappa shape index (κ2) is 9.04. The van der Waals surface area contributed by atoms with Crippen LogP contribution in [-0.4, -0.2) is 65.5 Å². The van der Waals surface area contributed by atoms with E-state index in [2.05, 4.69) is 20.3 Å². The number of aromatic nitrogens is 4. The Morgan fingerprint density at radius 2 is 2.10 bits per heavy atom. The first-order valence-corrected chi connectivity index (χ1v) is 9.91. The van der Waals surface area contributed by atoms with Crippen molar-refractivity contribution in [2.24, 2.45) is 5.92 Å². The lowest BCUT2D eigenvalue weighted by molar-refractivity contribution is -0.144. The Kier molecular flexibility index (Phi) is 6.62. The summed E-state index contributed by atoms with van der Waals surface area (Å²) in [4.78, 5) is 58.4. The van der Waals surface area contributed by atoms with Gasteiger partial charge in [-0.05, 0) is 13.3 Å². The number of ketones is 2. The number of amides is 1. The van der Waals surface area contributed by atoms with Gasteiger partial charge in [0.1, 0.15) is 24.2 Å². The molecule has 1 unspecified atom stereocenters. The minimum atomic E-state index is -1.44. The number of nitrogens with one attached hydrogen (secondary N) is 2. The number of ether oxygens (including phenoxy) is 1. The summed E-state index contributed by atoms with van der Waals surface area (Å²) in [5, 5.41) is 22.8. The average Bonchev–Trinajstić information content (AvgIpc) is 3.29. The van der Waals surface area contributed by atoms with Crippen molar-refractivity contribution < 1.29 is 29.3 Å². The lowest BCUT2D eigenvalue weighted by Gasteiger charge is -2.17. The molecule has 168 valence electrons. The van der Waals surface area contributed by atoms with Crippen molar-refractivity contribution in [1.29, 1.82) is 0 Å². The second-order valence-electron chi connectivity index (χ2n) is 7.86. The van der Waals surface area contributed by atoms with Gasteiger partial charge < -0.3 is 19.7 Å². The number of carbonyl (C=O) groups excluding carboxylic acids is 3. The molecule has 0 spiro atoms. The van der Waals surface area contributed by atoms with Crippen LogP contribution in [0.2, 0.25) is 0 Å². The van der Waals surface area contributed by atoms with Gasteiger partial charge in [-0.25, -0.2) is 4.98 Å². The number of imidazole rings is 1. The van der Waals surface area contributed by atoms with E-state index < -0.39 is 35.9 Å². The van der Waals surface area contributed by atoms with Crippen LogP contribution in [0.5, 0.6) is 0 Å². The normalized spacial score (nSPS) is 22.1. The van der Waals surface area contributed by atoms with Crippen LogP contribution >= 0.6 is 0 Å². The Morgan fingerprint density at radius 1 is 1.39 bits per heavy atom. The van der Waals surface area contributed by atoms with Crippen molar-refractivity contribution in [2.45, 2.75) is 64.6 Å². The molecule has 2 aromatic heterocycles. The van der Waals surface area contributed by atoms with Crippen LogP contribution in [0, 0.1) is 5.92 Å². The molecule has 4 atom stereocenters. The van der Waals surface area contributed by atoms with Crippen molar-refractivity contribution in [3.63, 3.8) is 0 Å². The minimum absolute atomic E-state index is 0.00287. The van der Waals surface area contributed by atoms with Gasteiger partial charge in [-0.1, -0.05) is 13.8 Å². The third-order valence-electron chi connectivity index (χ3n) is 4.98. The van der Waals surface area contributed by atoms with E-state index in [4.69, 9.17) is 4.74 Å². The van der Waals surface area contributed by atoms with Gasteiger partial charge in [-0.3, -0.25) is 29.3 Å². The first kappa shape index (κ1) is 22.7. The molecule has 1 saturated heterocycles. The molecule has 0 radical (unpaired) electrons. The molecule has 31 heavy (non-hydrogen) atoms. The van der Waals surface area contributed by atoms with Gasteiger partial charge in [0.05, 0.1) is 12.4 Å². The van der Waals surface area contributed by atoms with Crippen LogP contribution in [0.25, 0.3) is 11.2 Å². The van der Waals surface area contributed by atoms with Gasteiger partial charge >= 0.3 is 0 Å². The largest absolute Gasteiger partial charge is 0.390 e. The Morgan fingerprint density at radius 3 is 2.74 bits per heavy atom. The predicted molar refractivity (Wildman–Crippen MR) is 107 cm³/mol. The Bertz CT molecular complexity index is 1060. The number of aliphatic hydroxyl groups is 2. The van der Waals surface area contributed by atoms with E-state index in [1.807, 2.05) is 0 Å². The van der Waals surface area contributed by atoms with Gasteiger partial charge in [0.2, 0.25) is 11.9 Å². The first-order chi connectivity index (χ1) is 14.6. The van der Waals surface area contributed by atoms with Crippen LogP contribution in [0.4, 0.5) is 5.95 Å². The summed E-state index contributed by atoms with van der Waals surface area (Å²) in [6.45, 7) is 4.72. The van der Waals surface area contributed by atoms with Crippen LogP contribution < -0.4 is 10.9 Å². The van der Waals surface area contributed by atoms with E-state index in [1.165, 1.54) is 17.8 Å². The van der Waals surface area contributed by atoms with Gasteiger partial charge in [-0.2, -0.15) is 4.98 Å². The lowest BCUT2D eigenvalue weighted by Crippen LogP contribution is -2.38. The molecule has 0 aromatic carbocycles. The lowest BCUT2D eigenvalue weighted by atomic mass is 10.0. The zero-order valence-corrected chi connectivity index (χ0v) is 17.4. The SMILES string of the molecule is CC(=O)CCC(O)C(=O)[C@H]1O[C@@H](n2cnc3c(=O)[nH]c(NC(=O)C(C)C)nc32)C[C@@H]1O. The summed E-state index contributed by atoms with van der Waals surface area (Å²) in [7, 11) is 0. The van der Waals surface area contributed by atoms with E-state index in [0.29, 0.717) is 0 Å². The smallest absolute Gasteiger partial charge is 0.280 e. The molecule has 4 N–H and O–H groups in total. The maximum Gasteiger partial charge on any atom is 0.280 e. The third kappa shape index (κ3) is 4.86. The van der Waals surface area contributed by atoms with E-state index in [1.54, 1.807) is 13.8 Å². The average molecular weight is 435 g/mol. The van der Waals surface area contributed by atoms with Crippen LogP contribution in [0.1, 0.15) is 46.3 Å². The van der Waals surface area contributed by atoms with E-state index in [-0.39, 0.29) is 54.0 Å². The molecule has 0 bridgehead atoms.